The smallest absolute Gasteiger partial charge is 0.229 e. The number of anilines is 3. The van der Waals surface area contributed by atoms with Gasteiger partial charge in [0.05, 0.1) is 59.0 Å². The molecule has 3 atom stereocenters. The van der Waals surface area contributed by atoms with Gasteiger partial charge in [-0.2, -0.15) is 9.61 Å². The van der Waals surface area contributed by atoms with Crippen LogP contribution in [0, 0.1) is 17.6 Å². The number of nitrogens with two attached hydrogens (primary N) is 1. The number of ether oxygens (including phenoxy) is 1. The molecule has 4 heterocycles. The van der Waals surface area contributed by atoms with E-state index in [0.29, 0.717) is 35.8 Å². The third-order valence-electron chi connectivity index (χ3n) is 8.91. The third-order valence-corrected chi connectivity index (χ3v) is 9.82. The Labute approximate surface area is 255 Å². The molecule has 1 aromatic carbocycles. The fraction of sp³-hybridized carbons (Fsp3) is 0.452. The Morgan fingerprint density at radius 2 is 1.89 bits per heavy atom. The number of halogens is 2. The van der Waals surface area contributed by atoms with E-state index in [2.05, 4.69) is 25.3 Å². The van der Waals surface area contributed by atoms with Crippen molar-refractivity contribution in [3.05, 3.63) is 66.1 Å². The molecule has 44 heavy (non-hydrogen) atoms. The molecular formula is C31H37F2N7O3S. The normalized spacial score (nSPS) is 21.8. The van der Waals surface area contributed by atoms with Gasteiger partial charge in [0.25, 0.3) is 0 Å². The zero-order chi connectivity index (χ0) is 31.2. The van der Waals surface area contributed by atoms with Gasteiger partial charge in [-0.25, -0.2) is 22.2 Å². The van der Waals surface area contributed by atoms with Crippen molar-refractivity contribution in [1.82, 2.24) is 19.6 Å². The second kappa shape index (κ2) is 11.7. The minimum Gasteiger partial charge on any atom is -0.375 e. The second-order valence-corrected chi connectivity index (χ2v) is 14.7. The van der Waals surface area contributed by atoms with Gasteiger partial charge in [-0.15, -0.1) is 0 Å². The van der Waals surface area contributed by atoms with E-state index in [9.17, 15) is 8.42 Å². The van der Waals surface area contributed by atoms with Gasteiger partial charge >= 0.3 is 0 Å². The van der Waals surface area contributed by atoms with Crippen LogP contribution in [-0.2, 0) is 20.0 Å². The minimum atomic E-state index is -3.13. The Hall–Kier alpha value is -3.68. The molecule has 0 radical (unpaired) electrons. The molecule has 0 spiro atoms. The summed E-state index contributed by atoms with van der Waals surface area (Å²) in [5, 5.41) is 7.87. The summed E-state index contributed by atoms with van der Waals surface area (Å²) in [6, 6.07) is 7.71. The van der Waals surface area contributed by atoms with E-state index >= 15 is 8.78 Å². The number of benzene rings is 1. The Morgan fingerprint density at radius 1 is 1.14 bits per heavy atom. The van der Waals surface area contributed by atoms with Crippen molar-refractivity contribution >= 4 is 32.7 Å². The maximum absolute atomic E-state index is 15.4. The molecule has 1 aliphatic heterocycles. The SMILES string of the molecule is CC1CN(c2ccncc2Nc2ncc3ccc(-c4c(F)cc(C5(C)CCC5)cc4F)nn23)CC(N)C1OCCS(C)(=O)=O. The van der Waals surface area contributed by atoms with Crippen molar-refractivity contribution in [2.75, 3.05) is 41.9 Å². The fourth-order valence-electron chi connectivity index (χ4n) is 6.27. The molecule has 234 valence electrons. The minimum absolute atomic E-state index is 0.0267. The summed E-state index contributed by atoms with van der Waals surface area (Å²) in [7, 11) is -3.13. The lowest BCUT2D eigenvalue weighted by Gasteiger charge is -2.42. The van der Waals surface area contributed by atoms with Gasteiger partial charge in [0.2, 0.25) is 5.95 Å². The lowest BCUT2D eigenvalue weighted by molar-refractivity contribution is 0.00183. The molecule has 1 saturated carbocycles. The summed E-state index contributed by atoms with van der Waals surface area (Å²) < 4.78 is 61.2. The van der Waals surface area contributed by atoms with Crippen molar-refractivity contribution in [1.29, 1.82) is 0 Å². The molecular weight excluding hydrogens is 588 g/mol. The number of aromatic nitrogens is 4. The fourth-order valence-corrected chi connectivity index (χ4v) is 6.67. The van der Waals surface area contributed by atoms with Crippen LogP contribution in [0.15, 0.2) is 48.9 Å². The number of nitrogens with zero attached hydrogens (tertiary/aromatic N) is 5. The van der Waals surface area contributed by atoms with Gasteiger partial charge in [0.15, 0.2) is 0 Å². The van der Waals surface area contributed by atoms with Crippen LogP contribution < -0.4 is 16.0 Å². The number of rotatable bonds is 9. The molecule has 6 rings (SSSR count). The first-order valence-electron chi connectivity index (χ1n) is 14.8. The van der Waals surface area contributed by atoms with Crippen molar-refractivity contribution < 1.29 is 21.9 Å². The molecule has 10 nitrogen and oxygen atoms in total. The first kappa shape index (κ1) is 30.4. The summed E-state index contributed by atoms with van der Waals surface area (Å²) >= 11 is 0. The summed E-state index contributed by atoms with van der Waals surface area (Å²) in [5.74, 6) is -0.953. The van der Waals surface area contributed by atoms with Gasteiger partial charge in [0, 0.05) is 37.5 Å². The van der Waals surface area contributed by atoms with E-state index in [4.69, 9.17) is 10.5 Å². The van der Waals surface area contributed by atoms with Gasteiger partial charge in [-0.1, -0.05) is 20.3 Å². The van der Waals surface area contributed by atoms with Crippen molar-refractivity contribution in [2.24, 2.45) is 11.7 Å². The van der Waals surface area contributed by atoms with Crippen LogP contribution >= 0.6 is 0 Å². The number of hydrogen-bond donors (Lipinski definition) is 2. The lowest BCUT2D eigenvalue weighted by atomic mass is 9.66. The summed E-state index contributed by atoms with van der Waals surface area (Å²) in [6.07, 6.45) is 8.77. The standard InChI is InChI=1S/C31H37F2N7O3S/c1-19-17-39(18-24(34)29(19)43-11-12-44(3,41)42)27-7-10-35-16-26(27)37-30-36-15-21-5-6-25(38-40(21)30)28-22(32)13-20(14-23(28)33)31(2)8-4-9-31/h5-7,10,13-16,19,24,29H,4,8-9,11-12,17-18,34H2,1-3H3,(H,36,37). The van der Waals surface area contributed by atoms with Crippen LogP contribution in [0.5, 0.6) is 0 Å². The molecule has 3 N–H and O–H groups in total. The molecule has 13 heteroatoms. The molecule has 0 bridgehead atoms. The highest BCUT2D eigenvalue weighted by Gasteiger charge is 2.36. The highest BCUT2D eigenvalue weighted by molar-refractivity contribution is 7.90. The van der Waals surface area contributed by atoms with E-state index in [-0.39, 0.29) is 47.1 Å². The second-order valence-electron chi connectivity index (χ2n) is 12.4. The molecule has 3 unspecified atom stereocenters. The number of sulfone groups is 1. The maximum Gasteiger partial charge on any atom is 0.229 e. The predicted octanol–water partition coefficient (Wildman–Crippen LogP) is 4.47. The van der Waals surface area contributed by atoms with E-state index in [1.807, 2.05) is 19.9 Å². The average Bonchev–Trinajstić information content (AvgIpc) is 3.34. The maximum atomic E-state index is 15.4. The summed E-state index contributed by atoms with van der Waals surface area (Å²) in [4.78, 5) is 10.9. The van der Waals surface area contributed by atoms with Gasteiger partial charge < -0.3 is 20.7 Å². The van der Waals surface area contributed by atoms with Crippen molar-refractivity contribution in [3.8, 4) is 11.3 Å². The summed E-state index contributed by atoms with van der Waals surface area (Å²) in [5.41, 5.74) is 9.10. The predicted molar refractivity (Wildman–Crippen MR) is 166 cm³/mol. The molecule has 1 saturated heterocycles. The first-order valence-corrected chi connectivity index (χ1v) is 16.8. The van der Waals surface area contributed by atoms with Crippen molar-refractivity contribution in [3.63, 3.8) is 0 Å². The van der Waals surface area contributed by atoms with Gasteiger partial charge in [0.1, 0.15) is 21.5 Å². The van der Waals surface area contributed by atoms with Crippen LogP contribution in [0.2, 0.25) is 0 Å². The number of fused-ring (bicyclic) bond motifs is 1. The molecule has 2 fully saturated rings. The molecule has 1 aliphatic carbocycles. The lowest BCUT2D eigenvalue weighted by Crippen LogP contribution is -2.57. The van der Waals surface area contributed by atoms with Crippen LogP contribution in [-0.4, -0.2) is 71.9 Å². The van der Waals surface area contributed by atoms with Gasteiger partial charge in [-0.3, -0.25) is 4.98 Å². The van der Waals surface area contributed by atoms with E-state index in [1.54, 1.807) is 30.7 Å². The highest BCUT2D eigenvalue weighted by Crippen LogP contribution is 2.44. The quantitative estimate of drug-likeness (QED) is 0.277. The molecule has 3 aromatic heterocycles. The number of piperidine rings is 1. The number of pyridine rings is 1. The Morgan fingerprint density at radius 3 is 2.55 bits per heavy atom. The number of hydrogen-bond acceptors (Lipinski definition) is 9. The Kier molecular flexibility index (Phi) is 8.05. The van der Waals surface area contributed by atoms with Crippen LogP contribution in [0.1, 0.15) is 38.7 Å². The largest absolute Gasteiger partial charge is 0.375 e. The van der Waals surface area contributed by atoms with E-state index < -0.39 is 21.5 Å². The topological polar surface area (TPSA) is 128 Å². The zero-order valence-corrected chi connectivity index (χ0v) is 25.8. The van der Waals surface area contributed by atoms with Gasteiger partial charge in [-0.05, 0) is 54.2 Å². The zero-order valence-electron chi connectivity index (χ0n) is 25.0. The number of nitrogens with one attached hydrogen (secondary N) is 1. The van der Waals surface area contributed by atoms with E-state index in [0.717, 1.165) is 24.9 Å². The monoisotopic (exact) mass is 625 g/mol. The first-order chi connectivity index (χ1) is 20.9. The van der Waals surface area contributed by atoms with Crippen molar-refractivity contribution in [2.45, 2.75) is 50.7 Å². The van der Waals surface area contributed by atoms with Crippen LogP contribution in [0.3, 0.4) is 0 Å². The van der Waals surface area contributed by atoms with Crippen LogP contribution in [0.4, 0.5) is 26.1 Å². The average molecular weight is 626 g/mol. The Bertz CT molecular complexity index is 1760. The number of imidazole rings is 1. The highest BCUT2D eigenvalue weighted by atomic mass is 32.2. The molecule has 0 amide bonds. The molecule has 4 aromatic rings. The third kappa shape index (κ3) is 6.00. The van der Waals surface area contributed by atoms with E-state index in [1.165, 1.54) is 22.9 Å². The summed E-state index contributed by atoms with van der Waals surface area (Å²) in [6.45, 7) is 5.26. The Balaban J connectivity index is 1.24. The molecule has 2 aliphatic rings. The van der Waals surface area contributed by atoms with Crippen LogP contribution in [0.25, 0.3) is 16.8 Å².